The largest absolute Gasteiger partial charge is 0.337 e. The zero-order valence-electron chi connectivity index (χ0n) is 15.0. The zero-order chi connectivity index (χ0) is 17.9. The molecule has 4 heteroatoms. The summed E-state index contributed by atoms with van der Waals surface area (Å²) in [5.74, 6) is 0.255. The maximum absolute atomic E-state index is 12.9. The molecule has 0 bridgehead atoms. The summed E-state index contributed by atoms with van der Waals surface area (Å²) < 4.78 is 0. The van der Waals surface area contributed by atoms with Crippen LogP contribution in [0.3, 0.4) is 0 Å². The summed E-state index contributed by atoms with van der Waals surface area (Å²) in [6.45, 7) is 3.11. The van der Waals surface area contributed by atoms with E-state index in [2.05, 4.69) is 35.2 Å². The topological polar surface area (TPSA) is 23.6 Å². The number of halogens is 1. The predicted molar refractivity (Wildman–Crippen MR) is 105 cm³/mol. The highest BCUT2D eigenvalue weighted by molar-refractivity contribution is 6.31. The van der Waals surface area contributed by atoms with Crippen LogP contribution in [0, 0.1) is 0 Å². The molecule has 0 radical (unpaired) electrons. The fourth-order valence-corrected chi connectivity index (χ4v) is 4.45. The average Bonchev–Trinajstić information content (AvgIpc) is 3.10. The highest BCUT2D eigenvalue weighted by Gasteiger charge is 2.29. The van der Waals surface area contributed by atoms with Gasteiger partial charge in [0.25, 0.3) is 0 Å². The first-order chi connectivity index (χ1) is 12.7. The number of carbonyl (C=O) groups is 1. The second-order valence-corrected chi connectivity index (χ2v) is 7.80. The number of hydrogen-bond acceptors (Lipinski definition) is 2. The minimum absolute atomic E-state index is 0.255. The van der Waals surface area contributed by atoms with Crippen LogP contribution in [-0.4, -0.2) is 41.4 Å². The Morgan fingerprint density at radius 3 is 2.65 bits per heavy atom. The molecule has 26 heavy (non-hydrogen) atoms. The molecule has 2 heterocycles. The maximum Gasteiger partial charge on any atom is 0.237 e. The second kappa shape index (κ2) is 7.81. The first-order valence-electron chi connectivity index (χ1n) is 9.53. The minimum Gasteiger partial charge on any atom is -0.337 e. The van der Waals surface area contributed by atoms with Gasteiger partial charge in [0.05, 0.1) is 6.54 Å². The fraction of sp³-hybridized carbons (Fsp3) is 0.409. The lowest BCUT2D eigenvalue weighted by atomic mass is 10.00. The normalized spacial score (nSPS) is 20.2. The summed E-state index contributed by atoms with van der Waals surface area (Å²) in [5, 5.41) is 0.832. The van der Waals surface area contributed by atoms with Gasteiger partial charge < -0.3 is 4.90 Å². The van der Waals surface area contributed by atoms with Crippen LogP contribution in [0.4, 0.5) is 0 Å². The molecule has 2 aromatic carbocycles. The first kappa shape index (κ1) is 17.6. The van der Waals surface area contributed by atoms with Crippen LogP contribution in [-0.2, 0) is 24.2 Å². The number of fused-ring (bicyclic) bond motifs is 1. The number of hydrogen-bond donors (Lipinski definition) is 0. The van der Waals surface area contributed by atoms with E-state index in [9.17, 15) is 4.79 Å². The van der Waals surface area contributed by atoms with Crippen molar-refractivity contribution in [1.82, 2.24) is 9.80 Å². The van der Waals surface area contributed by atoms with Crippen molar-refractivity contribution in [2.24, 2.45) is 0 Å². The van der Waals surface area contributed by atoms with Gasteiger partial charge in [-0.05, 0) is 55.0 Å². The zero-order valence-corrected chi connectivity index (χ0v) is 15.8. The monoisotopic (exact) mass is 368 g/mol. The molecule has 1 atom stereocenters. The van der Waals surface area contributed by atoms with Crippen molar-refractivity contribution in [3.05, 3.63) is 70.2 Å². The predicted octanol–water partition coefficient (Wildman–Crippen LogP) is 3.93. The molecule has 0 spiro atoms. The molecule has 0 aliphatic carbocycles. The van der Waals surface area contributed by atoms with Crippen molar-refractivity contribution in [3.63, 3.8) is 0 Å². The number of rotatable bonds is 4. The molecule has 0 N–H and O–H groups in total. The molecular weight excluding hydrogens is 344 g/mol. The van der Waals surface area contributed by atoms with Gasteiger partial charge >= 0.3 is 0 Å². The number of likely N-dealkylation sites (tertiary alicyclic amines) is 1. The molecule has 0 saturated carbocycles. The van der Waals surface area contributed by atoms with E-state index >= 15 is 0 Å². The molecule has 1 saturated heterocycles. The van der Waals surface area contributed by atoms with Crippen LogP contribution >= 0.6 is 11.6 Å². The summed E-state index contributed by atoms with van der Waals surface area (Å²) in [6, 6.07) is 16.9. The van der Waals surface area contributed by atoms with Gasteiger partial charge in [0.2, 0.25) is 5.91 Å². The molecule has 2 aliphatic heterocycles. The van der Waals surface area contributed by atoms with Gasteiger partial charge in [0.1, 0.15) is 0 Å². The van der Waals surface area contributed by atoms with Gasteiger partial charge in [-0.1, -0.05) is 54.1 Å². The lowest BCUT2D eigenvalue weighted by Gasteiger charge is -2.32. The molecule has 1 fully saturated rings. The van der Waals surface area contributed by atoms with E-state index in [0.717, 1.165) is 50.3 Å². The molecule has 2 aromatic rings. The van der Waals surface area contributed by atoms with Crippen molar-refractivity contribution >= 4 is 17.5 Å². The Hall–Kier alpha value is -1.84. The Kier molecular flexibility index (Phi) is 5.28. The Labute approximate surface area is 160 Å². The van der Waals surface area contributed by atoms with Crippen LogP contribution in [0.15, 0.2) is 48.5 Å². The van der Waals surface area contributed by atoms with Crippen LogP contribution in [0.5, 0.6) is 0 Å². The third-order valence-electron chi connectivity index (χ3n) is 5.73. The van der Waals surface area contributed by atoms with E-state index in [1.807, 2.05) is 23.1 Å². The van der Waals surface area contributed by atoms with Gasteiger partial charge in [-0.2, -0.15) is 0 Å². The molecule has 0 aromatic heterocycles. The Morgan fingerprint density at radius 2 is 1.81 bits per heavy atom. The molecule has 1 amide bonds. The van der Waals surface area contributed by atoms with Gasteiger partial charge in [0.15, 0.2) is 0 Å². The van der Waals surface area contributed by atoms with E-state index in [4.69, 9.17) is 11.6 Å². The quantitative estimate of drug-likeness (QED) is 0.816. The van der Waals surface area contributed by atoms with E-state index in [1.165, 1.54) is 16.7 Å². The SMILES string of the molecule is O=C(CN1CCC[C@H]1Cc1ccccc1Cl)N1CCc2ccccc2C1. The fourth-order valence-electron chi connectivity index (χ4n) is 4.23. The highest BCUT2D eigenvalue weighted by atomic mass is 35.5. The molecule has 136 valence electrons. The van der Waals surface area contributed by atoms with Crippen LogP contribution < -0.4 is 0 Å². The van der Waals surface area contributed by atoms with Crippen molar-refractivity contribution in [3.8, 4) is 0 Å². The lowest BCUT2D eigenvalue weighted by Crippen LogP contribution is -2.44. The standard InChI is InChI=1S/C22H25ClN2O/c23-21-10-4-3-7-18(21)14-20-9-5-12-24(20)16-22(26)25-13-11-17-6-1-2-8-19(17)15-25/h1-4,6-8,10,20H,5,9,11-16H2/t20-/m0/s1. The molecule has 2 aliphatic rings. The van der Waals surface area contributed by atoms with Crippen LogP contribution in [0.25, 0.3) is 0 Å². The number of benzene rings is 2. The third kappa shape index (κ3) is 3.79. The third-order valence-corrected chi connectivity index (χ3v) is 6.10. The maximum atomic E-state index is 12.9. The molecule has 3 nitrogen and oxygen atoms in total. The Balaban J connectivity index is 1.39. The second-order valence-electron chi connectivity index (χ2n) is 7.40. The van der Waals surface area contributed by atoms with Crippen molar-refractivity contribution in [1.29, 1.82) is 0 Å². The first-order valence-corrected chi connectivity index (χ1v) is 9.90. The van der Waals surface area contributed by atoms with Gasteiger partial charge in [-0.25, -0.2) is 0 Å². The summed E-state index contributed by atoms with van der Waals surface area (Å²) in [6.07, 6.45) is 4.19. The Bertz CT molecular complexity index is 791. The van der Waals surface area contributed by atoms with Gasteiger partial charge in [-0.3, -0.25) is 9.69 Å². The van der Waals surface area contributed by atoms with Crippen molar-refractivity contribution < 1.29 is 4.79 Å². The van der Waals surface area contributed by atoms with Gasteiger partial charge in [0, 0.05) is 24.2 Å². The Morgan fingerprint density at radius 1 is 1.04 bits per heavy atom. The van der Waals surface area contributed by atoms with Crippen LogP contribution in [0.2, 0.25) is 5.02 Å². The number of carbonyl (C=O) groups excluding carboxylic acids is 1. The summed E-state index contributed by atoms with van der Waals surface area (Å²) >= 11 is 6.33. The summed E-state index contributed by atoms with van der Waals surface area (Å²) in [7, 11) is 0. The smallest absolute Gasteiger partial charge is 0.237 e. The highest BCUT2D eigenvalue weighted by Crippen LogP contribution is 2.25. The van der Waals surface area contributed by atoms with Crippen molar-refractivity contribution in [2.75, 3.05) is 19.6 Å². The van der Waals surface area contributed by atoms with Gasteiger partial charge in [-0.15, -0.1) is 0 Å². The molecule has 4 rings (SSSR count). The summed E-state index contributed by atoms with van der Waals surface area (Å²) in [5.41, 5.74) is 3.86. The minimum atomic E-state index is 0.255. The molecular formula is C22H25ClN2O. The number of nitrogens with zero attached hydrogens (tertiary/aromatic N) is 2. The molecule has 0 unspecified atom stereocenters. The van der Waals surface area contributed by atoms with E-state index in [0.29, 0.717) is 12.6 Å². The van der Waals surface area contributed by atoms with E-state index < -0.39 is 0 Å². The van der Waals surface area contributed by atoms with E-state index in [1.54, 1.807) is 0 Å². The summed E-state index contributed by atoms with van der Waals surface area (Å²) in [4.78, 5) is 17.3. The van der Waals surface area contributed by atoms with Crippen molar-refractivity contribution in [2.45, 2.75) is 38.3 Å². The van der Waals surface area contributed by atoms with E-state index in [-0.39, 0.29) is 5.91 Å². The van der Waals surface area contributed by atoms with Crippen LogP contribution in [0.1, 0.15) is 29.5 Å². The average molecular weight is 369 g/mol. The lowest BCUT2D eigenvalue weighted by molar-refractivity contribution is -0.133. The number of amides is 1.